The first-order valence-electron chi connectivity index (χ1n) is 8.68. The Morgan fingerprint density at radius 3 is 3.04 bits per heavy atom. The van der Waals surface area contributed by atoms with Crippen molar-refractivity contribution in [1.29, 1.82) is 0 Å². The fourth-order valence-corrected chi connectivity index (χ4v) is 3.59. The van der Waals surface area contributed by atoms with Gasteiger partial charge in [-0.1, -0.05) is 18.2 Å². The minimum Gasteiger partial charge on any atom is -0.457 e. The average molecular weight is 368 g/mol. The molecule has 4 rings (SSSR count). The van der Waals surface area contributed by atoms with E-state index < -0.39 is 0 Å². The Kier molecular flexibility index (Phi) is 4.46. The van der Waals surface area contributed by atoms with Crippen LogP contribution in [0.5, 0.6) is 0 Å². The van der Waals surface area contributed by atoms with Gasteiger partial charge in [-0.2, -0.15) is 5.10 Å². The molecule has 1 N–H and O–H groups in total. The molecule has 1 unspecified atom stereocenters. The highest BCUT2D eigenvalue weighted by Gasteiger charge is 2.26. The number of piperidine rings is 1. The van der Waals surface area contributed by atoms with E-state index in [2.05, 4.69) is 10.2 Å². The van der Waals surface area contributed by atoms with E-state index >= 15 is 0 Å². The molecule has 1 atom stereocenters. The summed E-state index contributed by atoms with van der Waals surface area (Å²) in [7, 11) is 1.91. The summed E-state index contributed by atoms with van der Waals surface area (Å²) in [4.78, 5) is 14.5. The number of carbonyl (C=O) groups excluding carboxylic acids is 1. The molecule has 1 aliphatic rings. The van der Waals surface area contributed by atoms with Gasteiger partial charge in [-0.05, 0) is 43.3 Å². The van der Waals surface area contributed by atoms with Crippen molar-refractivity contribution in [3.63, 3.8) is 0 Å². The van der Waals surface area contributed by atoms with E-state index in [0.29, 0.717) is 17.1 Å². The van der Waals surface area contributed by atoms with Crippen molar-refractivity contribution in [2.45, 2.75) is 18.8 Å². The molecule has 1 amide bonds. The summed E-state index contributed by atoms with van der Waals surface area (Å²) in [5.74, 6) is 1.79. The SMILES string of the molecule is Cn1c(C2CCCN(C(=O)/C=C/c3cc4ccccc4o3)C2)n[nH]c1=S. The van der Waals surface area contributed by atoms with Crippen molar-refractivity contribution >= 4 is 35.2 Å². The first-order chi connectivity index (χ1) is 12.6. The number of furan rings is 1. The number of amides is 1. The molecule has 1 aliphatic heterocycles. The second-order valence-corrected chi connectivity index (χ2v) is 6.98. The van der Waals surface area contributed by atoms with Gasteiger partial charge in [0.25, 0.3) is 0 Å². The third kappa shape index (κ3) is 3.22. The predicted octanol–water partition coefficient (Wildman–Crippen LogP) is 3.64. The Labute approximate surface area is 156 Å². The van der Waals surface area contributed by atoms with E-state index in [9.17, 15) is 4.79 Å². The van der Waals surface area contributed by atoms with E-state index in [4.69, 9.17) is 16.6 Å². The van der Waals surface area contributed by atoms with Gasteiger partial charge in [0.2, 0.25) is 5.91 Å². The van der Waals surface area contributed by atoms with Crippen LogP contribution in [-0.2, 0) is 11.8 Å². The summed E-state index contributed by atoms with van der Waals surface area (Å²) in [6.45, 7) is 1.41. The molecule has 1 saturated heterocycles. The number of benzene rings is 1. The minimum absolute atomic E-state index is 0.00746. The molecule has 0 radical (unpaired) electrons. The van der Waals surface area contributed by atoms with Crippen molar-refractivity contribution < 1.29 is 9.21 Å². The molecule has 0 bridgehead atoms. The monoisotopic (exact) mass is 368 g/mol. The van der Waals surface area contributed by atoms with Crippen LogP contribution < -0.4 is 0 Å². The lowest BCUT2D eigenvalue weighted by atomic mass is 9.97. The molecule has 0 aliphatic carbocycles. The number of H-pyrrole nitrogens is 1. The Hall–Kier alpha value is -2.67. The largest absolute Gasteiger partial charge is 0.457 e. The van der Waals surface area contributed by atoms with Crippen LogP contribution in [0.3, 0.4) is 0 Å². The third-order valence-electron chi connectivity index (χ3n) is 4.85. The van der Waals surface area contributed by atoms with Gasteiger partial charge >= 0.3 is 0 Å². The summed E-state index contributed by atoms with van der Waals surface area (Å²) in [6, 6.07) is 9.74. The summed E-state index contributed by atoms with van der Waals surface area (Å²) in [6.07, 6.45) is 5.28. The number of rotatable bonds is 3. The number of nitrogens with zero attached hydrogens (tertiary/aromatic N) is 3. The zero-order chi connectivity index (χ0) is 18.1. The number of aromatic amines is 1. The Bertz CT molecular complexity index is 997. The van der Waals surface area contributed by atoms with Gasteiger partial charge in [0.15, 0.2) is 4.77 Å². The number of aromatic nitrogens is 3. The summed E-state index contributed by atoms with van der Waals surface area (Å²) < 4.78 is 8.22. The van der Waals surface area contributed by atoms with E-state index in [-0.39, 0.29) is 11.8 Å². The van der Waals surface area contributed by atoms with Crippen molar-refractivity contribution in [3.8, 4) is 0 Å². The number of carbonyl (C=O) groups is 1. The molecule has 1 aromatic carbocycles. The topological polar surface area (TPSA) is 67.1 Å². The molecule has 0 saturated carbocycles. The molecule has 3 aromatic rings. The van der Waals surface area contributed by atoms with Crippen LogP contribution in [0.15, 0.2) is 40.8 Å². The highest BCUT2D eigenvalue weighted by molar-refractivity contribution is 7.71. The molecule has 6 nitrogen and oxygen atoms in total. The van der Waals surface area contributed by atoms with Crippen LogP contribution >= 0.6 is 12.2 Å². The first-order valence-corrected chi connectivity index (χ1v) is 9.09. The Balaban J connectivity index is 1.47. The van der Waals surface area contributed by atoms with Crippen LogP contribution in [0, 0.1) is 4.77 Å². The average Bonchev–Trinajstić information content (AvgIpc) is 3.23. The van der Waals surface area contributed by atoms with Crippen molar-refractivity contribution in [2.24, 2.45) is 7.05 Å². The molecular formula is C19H20N4O2S. The standard InChI is InChI=1S/C19H20N4O2S/c1-22-18(20-21-19(22)26)14-6-4-10-23(12-14)17(24)9-8-15-11-13-5-2-3-7-16(13)25-15/h2-3,5,7-9,11,14H,4,6,10,12H2,1H3,(H,21,26)/b9-8+. The third-order valence-corrected chi connectivity index (χ3v) is 5.21. The maximum Gasteiger partial charge on any atom is 0.246 e. The normalized spacial score (nSPS) is 18.0. The van der Waals surface area contributed by atoms with Crippen molar-refractivity contribution in [2.75, 3.05) is 13.1 Å². The smallest absolute Gasteiger partial charge is 0.246 e. The van der Waals surface area contributed by atoms with E-state index in [0.717, 1.165) is 36.2 Å². The highest BCUT2D eigenvalue weighted by Crippen LogP contribution is 2.26. The lowest BCUT2D eigenvalue weighted by Crippen LogP contribution is -2.38. The molecule has 0 spiro atoms. The van der Waals surface area contributed by atoms with Crippen molar-refractivity contribution in [3.05, 3.63) is 52.8 Å². The van der Waals surface area contributed by atoms with Crippen LogP contribution in [0.1, 0.15) is 30.3 Å². The van der Waals surface area contributed by atoms with Crippen LogP contribution in [0.2, 0.25) is 0 Å². The Morgan fingerprint density at radius 1 is 1.42 bits per heavy atom. The summed E-state index contributed by atoms with van der Waals surface area (Å²) in [5, 5.41) is 8.18. The second-order valence-electron chi connectivity index (χ2n) is 6.59. The number of fused-ring (bicyclic) bond motifs is 1. The molecule has 26 heavy (non-hydrogen) atoms. The van der Waals surface area contributed by atoms with E-state index in [1.807, 2.05) is 46.8 Å². The molecule has 3 heterocycles. The second kappa shape index (κ2) is 6.92. The zero-order valence-electron chi connectivity index (χ0n) is 14.5. The fraction of sp³-hybridized carbons (Fsp3) is 0.316. The van der Waals surface area contributed by atoms with Crippen LogP contribution in [0.25, 0.3) is 17.0 Å². The number of nitrogens with one attached hydrogen (secondary N) is 1. The molecule has 1 fully saturated rings. The number of hydrogen-bond acceptors (Lipinski definition) is 4. The van der Waals surface area contributed by atoms with Crippen molar-refractivity contribution in [1.82, 2.24) is 19.7 Å². The zero-order valence-corrected chi connectivity index (χ0v) is 15.3. The van der Waals surface area contributed by atoms with Gasteiger partial charge in [-0.15, -0.1) is 0 Å². The van der Waals surface area contributed by atoms with Gasteiger partial charge in [0.1, 0.15) is 17.2 Å². The van der Waals surface area contributed by atoms with Gasteiger partial charge in [-0.25, -0.2) is 0 Å². The van der Waals surface area contributed by atoms with E-state index in [1.165, 1.54) is 0 Å². The molecule has 2 aromatic heterocycles. The maximum atomic E-state index is 12.6. The highest BCUT2D eigenvalue weighted by atomic mass is 32.1. The van der Waals surface area contributed by atoms with Gasteiger partial charge in [0.05, 0.1) is 0 Å². The molecule has 134 valence electrons. The number of hydrogen-bond donors (Lipinski definition) is 1. The van der Waals surface area contributed by atoms with Gasteiger partial charge in [0, 0.05) is 37.5 Å². The molecule has 7 heteroatoms. The molecular weight excluding hydrogens is 348 g/mol. The summed E-state index contributed by atoms with van der Waals surface area (Å²) in [5.41, 5.74) is 0.823. The number of para-hydroxylation sites is 1. The Morgan fingerprint density at radius 2 is 2.27 bits per heavy atom. The van der Waals surface area contributed by atoms with Gasteiger partial charge < -0.3 is 13.9 Å². The predicted molar refractivity (Wildman–Crippen MR) is 102 cm³/mol. The fourth-order valence-electron chi connectivity index (χ4n) is 3.46. The quantitative estimate of drug-likeness (QED) is 0.566. The lowest BCUT2D eigenvalue weighted by Gasteiger charge is -2.31. The van der Waals surface area contributed by atoms with Crippen LogP contribution in [-0.4, -0.2) is 38.7 Å². The minimum atomic E-state index is -0.00746. The van der Waals surface area contributed by atoms with Crippen LogP contribution in [0.4, 0.5) is 0 Å². The summed E-state index contributed by atoms with van der Waals surface area (Å²) >= 11 is 5.19. The first kappa shape index (κ1) is 16.8. The van der Waals surface area contributed by atoms with E-state index in [1.54, 1.807) is 12.2 Å². The van der Waals surface area contributed by atoms with Gasteiger partial charge in [-0.3, -0.25) is 9.89 Å². The maximum absolute atomic E-state index is 12.6. The lowest BCUT2D eigenvalue weighted by molar-refractivity contribution is -0.127. The number of likely N-dealkylation sites (tertiary alicyclic amines) is 1.